The van der Waals surface area contributed by atoms with E-state index in [1.54, 1.807) is 37.4 Å². The number of carboxylic acids is 1. The molecule has 2 amide bonds. The molecule has 234 valence electrons. The van der Waals surface area contributed by atoms with Crippen molar-refractivity contribution in [1.82, 2.24) is 10.3 Å². The number of amides is 2. The van der Waals surface area contributed by atoms with E-state index in [2.05, 4.69) is 15.6 Å². The molecule has 1 aliphatic heterocycles. The summed E-state index contributed by atoms with van der Waals surface area (Å²) in [5.41, 5.74) is 9.12. The van der Waals surface area contributed by atoms with Crippen molar-refractivity contribution in [1.29, 1.82) is 0 Å². The van der Waals surface area contributed by atoms with Crippen molar-refractivity contribution in [3.8, 4) is 33.1 Å². The van der Waals surface area contributed by atoms with Gasteiger partial charge in [-0.05, 0) is 65.4 Å². The number of thiophene rings is 1. The number of methoxy groups -OCH3 is 1. The van der Waals surface area contributed by atoms with E-state index in [0.717, 1.165) is 21.6 Å². The number of aromatic carboxylic acids is 1. The zero-order chi connectivity index (χ0) is 31.9. The van der Waals surface area contributed by atoms with Gasteiger partial charge in [-0.1, -0.05) is 13.0 Å². The van der Waals surface area contributed by atoms with E-state index in [0.29, 0.717) is 49.8 Å². The zero-order valence-corrected chi connectivity index (χ0v) is 25.8. The van der Waals surface area contributed by atoms with E-state index in [1.165, 1.54) is 23.5 Å². The van der Waals surface area contributed by atoms with Gasteiger partial charge in [0.1, 0.15) is 23.8 Å². The Hall–Kier alpha value is -4.78. The minimum absolute atomic E-state index is 0.0392. The Labute approximate surface area is 264 Å². The summed E-state index contributed by atoms with van der Waals surface area (Å²) in [5, 5.41) is 17.8. The molecule has 12 heteroatoms. The Bertz CT molecular complexity index is 1740. The molecule has 0 atom stereocenters. The molecule has 0 spiro atoms. The van der Waals surface area contributed by atoms with Crippen LogP contribution in [0.25, 0.3) is 21.6 Å². The number of hydrogen-bond donors (Lipinski definition) is 4. The summed E-state index contributed by atoms with van der Waals surface area (Å²) in [7, 11) is 1.56. The summed E-state index contributed by atoms with van der Waals surface area (Å²) in [6.07, 6.45) is 1.40. The second-order valence-corrected chi connectivity index (χ2v) is 11.2. The number of nitrogens with two attached hydrogens (primary N) is 1. The number of hydrogen-bond acceptors (Lipinski definition) is 9. The van der Waals surface area contributed by atoms with Gasteiger partial charge in [-0.3, -0.25) is 9.59 Å². The number of pyridine rings is 1. The van der Waals surface area contributed by atoms with Gasteiger partial charge < -0.3 is 35.7 Å². The van der Waals surface area contributed by atoms with E-state index in [4.69, 9.17) is 19.9 Å². The maximum absolute atomic E-state index is 14.2. The minimum Gasteiger partial charge on any atom is -0.493 e. The first-order valence-electron chi connectivity index (χ1n) is 14.5. The molecular weight excluding hydrogens is 596 g/mol. The third kappa shape index (κ3) is 6.98. The SMILES string of the molecule is CCCNC(=O)c1ccc(-c2cc3c(cc2C(=O)Nc2ccc(CN)cc2OCCOC)-c2sccc2CCO3)c(C(=O)O)n1. The third-order valence-electron chi connectivity index (χ3n) is 7.22. The van der Waals surface area contributed by atoms with E-state index in [-0.39, 0.29) is 41.2 Å². The number of nitrogens with zero attached hydrogens (tertiary/aromatic N) is 1. The Morgan fingerprint density at radius 3 is 2.64 bits per heavy atom. The van der Waals surface area contributed by atoms with Crippen LogP contribution < -0.4 is 25.8 Å². The van der Waals surface area contributed by atoms with Crippen molar-refractivity contribution in [2.75, 3.05) is 38.8 Å². The number of aromatic nitrogens is 1. The minimum atomic E-state index is -1.34. The monoisotopic (exact) mass is 630 g/mol. The molecule has 0 bridgehead atoms. The fourth-order valence-electron chi connectivity index (χ4n) is 4.96. The van der Waals surface area contributed by atoms with Crippen molar-refractivity contribution in [2.24, 2.45) is 5.73 Å². The molecule has 45 heavy (non-hydrogen) atoms. The molecule has 0 radical (unpaired) electrons. The number of anilines is 1. The number of carboxylic acid groups (broad SMARTS) is 1. The molecule has 5 rings (SSSR count). The zero-order valence-electron chi connectivity index (χ0n) is 25.0. The number of rotatable bonds is 12. The number of benzene rings is 2. The fourth-order valence-corrected chi connectivity index (χ4v) is 5.94. The number of nitrogens with one attached hydrogen (secondary N) is 2. The highest BCUT2D eigenvalue weighted by molar-refractivity contribution is 7.13. The highest BCUT2D eigenvalue weighted by atomic mass is 32.1. The standard InChI is InChI=1S/C33H34N4O7S/c1-3-10-35-32(39)26-7-5-21(29(36-26)33(40)41)22-17-27-24(30-20(8-11-43-27)9-14-45-30)16-23(22)31(38)37-25-6-4-19(18-34)15-28(25)44-13-12-42-2/h4-7,9,14-17H,3,8,10-13,18,34H2,1-2H3,(H,35,39)(H,37,38)(H,40,41). The maximum Gasteiger partial charge on any atom is 0.355 e. The molecule has 2 aromatic carbocycles. The predicted molar refractivity (Wildman–Crippen MR) is 171 cm³/mol. The summed E-state index contributed by atoms with van der Waals surface area (Å²) in [5.74, 6) is -1.41. The van der Waals surface area contributed by atoms with Crippen molar-refractivity contribution in [2.45, 2.75) is 26.3 Å². The van der Waals surface area contributed by atoms with Gasteiger partial charge in [0.15, 0.2) is 5.69 Å². The van der Waals surface area contributed by atoms with Gasteiger partial charge in [-0.15, -0.1) is 11.3 Å². The fraction of sp³-hybridized carbons (Fsp3) is 0.273. The molecule has 0 aliphatic carbocycles. The van der Waals surface area contributed by atoms with Crippen LogP contribution in [0.2, 0.25) is 0 Å². The summed E-state index contributed by atoms with van der Waals surface area (Å²) in [6.45, 7) is 3.62. The Kier molecular flexibility index (Phi) is 10.1. The van der Waals surface area contributed by atoms with Gasteiger partial charge in [0.2, 0.25) is 0 Å². The lowest BCUT2D eigenvalue weighted by molar-refractivity contribution is 0.0691. The predicted octanol–water partition coefficient (Wildman–Crippen LogP) is 4.99. The van der Waals surface area contributed by atoms with Crippen LogP contribution in [0.3, 0.4) is 0 Å². The molecule has 5 N–H and O–H groups in total. The van der Waals surface area contributed by atoms with Crippen molar-refractivity contribution in [3.63, 3.8) is 0 Å². The van der Waals surface area contributed by atoms with Crippen LogP contribution >= 0.6 is 11.3 Å². The van der Waals surface area contributed by atoms with Gasteiger partial charge in [-0.25, -0.2) is 9.78 Å². The lowest BCUT2D eigenvalue weighted by Gasteiger charge is -2.18. The summed E-state index contributed by atoms with van der Waals surface area (Å²) >= 11 is 1.54. The molecule has 0 saturated carbocycles. The van der Waals surface area contributed by atoms with Crippen molar-refractivity contribution < 1.29 is 33.7 Å². The maximum atomic E-state index is 14.2. The van der Waals surface area contributed by atoms with Crippen LogP contribution in [0, 0.1) is 0 Å². The normalized spacial score (nSPS) is 11.9. The summed E-state index contributed by atoms with van der Waals surface area (Å²) < 4.78 is 17.1. The largest absolute Gasteiger partial charge is 0.493 e. The molecule has 11 nitrogen and oxygen atoms in total. The van der Waals surface area contributed by atoms with E-state index < -0.39 is 17.8 Å². The first-order valence-corrected chi connectivity index (χ1v) is 15.4. The second-order valence-electron chi connectivity index (χ2n) is 10.3. The lowest BCUT2D eigenvalue weighted by Crippen LogP contribution is -2.25. The summed E-state index contributed by atoms with van der Waals surface area (Å²) in [4.78, 5) is 44.4. The third-order valence-corrected chi connectivity index (χ3v) is 8.21. The van der Waals surface area contributed by atoms with Gasteiger partial charge in [0.05, 0.1) is 18.9 Å². The molecule has 2 aromatic heterocycles. The molecule has 1 aliphatic rings. The van der Waals surface area contributed by atoms with E-state index >= 15 is 0 Å². The molecule has 0 fully saturated rings. The van der Waals surface area contributed by atoms with Crippen LogP contribution in [0.1, 0.15) is 55.8 Å². The Balaban J connectivity index is 1.64. The van der Waals surface area contributed by atoms with Crippen LogP contribution in [-0.4, -0.2) is 61.3 Å². The van der Waals surface area contributed by atoms with Gasteiger partial charge in [0, 0.05) is 53.8 Å². The molecular formula is C33H34N4O7S. The Morgan fingerprint density at radius 1 is 1.04 bits per heavy atom. The Morgan fingerprint density at radius 2 is 1.89 bits per heavy atom. The van der Waals surface area contributed by atoms with Crippen LogP contribution in [0.15, 0.2) is 53.9 Å². The van der Waals surface area contributed by atoms with Crippen LogP contribution in [0.4, 0.5) is 5.69 Å². The summed E-state index contributed by atoms with van der Waals surface area (Å²) in [6, 6.07) is 13.6. The van der Waals surface area contributed by atoms with Gasteiger partial charge in [-0.2, -0.15) is 0 Å². The average Bonchev–Trinajstić information content (AvgIpc) is 3.45. The topological polar surface area (TPSA) is 162 Å². The second kappa shape index (κ2) is 14.3. The van der Waals surface area contributed by atoms with Crippen LogP contribution in [-0.2, 0) is 17.7 Å². The molecule has 0 unspecified atom stereocenters. The van der Waals surface area contributed by atoms with Crippen LogP contribution in [0.5, 0.6) is 11.5 Å². The quantitative estimate of drug-likeness (QED) is 0.158. The molecule has 3 heterocycles. The first kappa shape index (κ1) is 31.6. The number of fused-ring (bicyclic) bond motifs is 3. The smallest absolute Gasteiger partial charge is 0.355 e. The molecule has 4 aromatic rings. The first-order chi connectivity index (χ1) is 21.8. The molecule has 0 saturated heterocycles. The highest BCUT2D eigenvalue weighted by Crippen LogP contribution is 2.43. The number of carbonyl (C=O) groups is 3. The van der Waals surface area contributed by atoms with Gasteiger partial charge >= 0.3 is 5.97 Å². The van der Waals surface area contributed by atoms with Crippen molar-refractivity contribution in [3.05, 3.63) is 82.0 Å². The van der Waals surface area contributed by atoms with Gasteiger partial charge in [0.25, 0.3) is 11.8 Å². The van der Waals surface area contributed by atoms with E-state index in [9.17, 15) is 19.5 Å². The number of carbonyl (C=O) groups excluding carboxylic acids is 2. The lowest BCUT2D eigenvalue weighted by atomic mass is 9.93. The highest BCUT2D eigenvalue weighted by Gasteiger charge is 2.27. The number of ether oxygens (including phenoxy) is 3. The average molecular weight is 631 g/mol. The van der Waals surface area contributed by atoms with E-state index in [1.807, 2.05) is 18.4 Å². The van der Waals surface area contributed by atoms with Crippen molar-refractivity contribution >= 4 is 34.8 Å².